The molecule has 0 aliphatic carbocycles. The smallest absolute Gasteiger partial charge is 0.0648 e. The van der Waals surface area contributed by atoms with Gasteiger partial charge in [-0.25, -0.2) is 0 Å². The molecular formula is C14H32N2O2. The molecule has 4 nitrogen and oxygen atoms in total. The Morgan fingerprint density at radius 3 is 1.78 bits per heavy atom. The molecule has 0 amide bonds. The summed E-state index contributed by atoms with van der Waals surface area (Å²) in [5.74, 6) is 0. The first-order valence-corrected chi connectivity index (χ1v) is 7.01. The van der Waals surface area contributed by atoms with Crippen LogP contribution in [0.2, 0.25) is 0 Å². The van der Waals surface area contributed by atoms with Crippen LogP contribution in [-0.4, -0.2) is 37.5 Å². The minimum Gasteiger partial charge on any atom is -0.375 e. The van der Waals surface area contributed by atoms with Gasteiger partial charge in [-0.15, -0.1) is 0 Å². The van der Waals surface area contributed by atoms with E-state index in [0.717, 1.165) is 38.8 Å². The van der Waals surface area contributed by atoms with Crippen molar-refractivity contribution in [1.82, 2.24) is 0 Å². The highest BCUT2D eigenvalue weighted by atomic mass is 16.5. The molecular weight excluding hydrogens is 228 g/mol. The maximum atomic E-state index is 5.91. The predicted octanol–water partition coefficient (Wildman–Crippen LogP) is 2.05. The van der Waals surface area contributed by atoms with E-state index >= 15 is 0 Å². The number of hydrogen-bond acceptors (Lipinski definition) is 4. The Hall–Kier alpha value is -0.160. The van der Waals surface area contributed by atoms with Crippen molar-refractivity contribution in [3.8, 4) is 0 Å². The fraction of sp³-hybridized carbons (Fsp3) is 1.00. The van der Waals surface area contributed by atoms with E-state index in [1.54, 1.807) is 0 Å². The van der Waals surface area contributed by atoms with E-state index in [1.807, 2.05) is 0 Å². The molecule has 0 aliphatic rings. The second-order valence-electron chi connectivity index (χ2n) is 6.00. The molecule has 0 heterocycles. The van der Waals surface area contributed by atoms with Crippen molar-refractivity contribution in [3.63, 3.8) is 0 Å². The van der Waals surface area contributed by atoms with Gasteiger partial charge in [0.15, 0.2) is 0 Å². The molecule has 0 aromatic carbocycles. The fourth-order valence-electron chi connectivity index (χ4n) is 1.68. The van der Waals surface area contributed by atoms with E-state index in [4.69, 9.17) is 20.9 Å². The van der Waals surface area contributed by atoms with Gasteiger partial charge in [-0.2, -0.15) is 0 Å². The molecule has 0 rings (SSSR count). The van der Waals surface area contributed by atoms with Crippen molar-refractivity contribution >= 4 is 0 Å². The lowest BCUT2D eigenvalue weighted by Crippen LogP contribution is -2.31. The standard InChI is InChI=1S/C14H32N2O2/c1-13(2,7-5-9-15)18-12-8-14(3,4)17-11-6-10-16/h5-12,15-16H2,1-4H3. The van der Waals surface area contributed by atoms with Crippen molar-refractivity contribution in [2.24, 2.45) is 11.5 Å². The Bertz CT molecular complexity index is 206. The van der Waals surface area contributed by atoms with Crippen LogP contribution in [0, 0.1) is 0 Å². The first-order chi connectivity index (χ1) is 8.33. The summed E-state index contributed by atoms with van der Waals surface area (Å²) in [6.45, 7) is 11.3. The predicted molar refractivity (Wildman–Crippen MR) is 76.6 cm³/mol. The van der Waals surface area contributed by atoms with E-state index in [0.29, 0.717) is 13.2 Å². The molecule has 0 fully saturated rings. The Kier molecular flexibility index (Phi) is 8.78. The summed E-state index contributed by atoms with van der Waals surface area (Å²) in [4.78, 5) is 0. The maximum Gasteiger partial charge on any atom is 0.0648 e. The summed E-state index contributed by atoms with van der Waals surface area (Å²) >= 11 is 0. The summed E-state index contributed by atoms with van der Waals surface area (Å²) in [5.41, 5.74) is 10.7. The summed E-state index contributed by atoms with van der Waals surface area (Å²) in [6.07, 6.45) is 3.80. The zero-order valence-electron chi connectivity index (χ0n) is 12.6. The van der Waals surface area contributed by atoms with E-state index in [9.17, 15) is 0 Å². The van der Waals surface area contributed by atoms with E-state index < -0.39 is 0 Å². The zero-order chi connectivity index (χ0) is 14.1. The van der Waals surface area contributed by atoms with Crippen LogP contribution in [-0.2, 0) is 9.47 Å². The van der Waals surface area contributed by atoms with Gasteiger partial charge in [-0.05, 0) is 66.5 Å². The molecule has 0 saturated carbocycles. The van der Waals surface area contributed by atoms with Crippen molar-refractivity contribution in [2.45, 2.75) is 64.6 Å². The Balaban J connectivity index is 3.79. The Labute approximate surface area is 112 Å². The Morgan fingerprint density at radius 1 is 0.722 bits per heavy atom. The molecule has 4 heteroatoms. The molecule has 4 N–H and O–H groups in total. The van der Waals surface area contributed by atoms with Crippen LogP contribution in [0.3, 0.4) is 0 Å². The molecule has 110 valence electrons. The largest absolute Gasteiger partial charge is 0.375 e. The van der Waals surface area contributed by atoms with Crippen LogP contribution in [0.15, 0.2) is 0 Å². The fourth-order valence-corrected chi connectivity index (χ4v) is 1.68. The van der Waals surface area contributed by atoms with Gasteiger partial charge in [0.25, 0.3) is 0 Å². The summed E-state index contributed by atoms with van der Waals surface area (Å²) < 4.78 is 11.7. The topological polar surface area (TPSA) is 70.5 Å². The minimum absolute atomic E-state index is 0.0906. The monoisotopic (exact) mass is 260 g/mol. The van der Waals surface area contributed by atoms with Gasteiger partial charge in [0.05, 0.1) is 17.8 Å². The van der Waals surface area contributed by atoms with Crippen LogP contribution in [0.25, 0.3) is 0 Å². The summed E-state index contributed by atoms with van der Waals surface area (Å²) in [6, 6.07) is 0. The lowest BCUT2D eigenvalue weighted by Gasteiger charge is -2.29. The molecule has 0 saturated heterocycles. The highest BCUT2D eigenvalue weighted by molar-refractivity contribution is 4.72. The molecule has 0 spiro atoms. The molecule has 18 heavy (non-hydrogen) atoms. The molecule has 0 aliphatic heterocycles. The first kappa shape index (κ1) is 17.8. The van der Waals surface area contributed by atoms with Crippen molar-refractivity contribution in [3.05, 3.63) is 0 Å². The molecule has 0 aromatic rings. The quantitative estimate of drug-likeness (QED) is 0.558. The van der Waals surface area contributed by atoms with Crippen LogP contribution >= 0.6 is 0 Å². The van der Waals surface area contributed by atoms with Crippen molar-refractivity contribution in [1.29, 1.82) is 0 Å². The molecule has 0 radical (unpaired) electrons. The SMILES string of the molecule is CC(C)(CCCN)OCCC(C)(C)OCCCN. The lowest BCUT2D eigenvalue weighted by molar-refractivity contribution is -0.0746. The van der Waals surface area contributed by atoms with Crippen LogP contribution < -0.4 is 11.5 Å². The third-order valence-electron chi connectivity index (χ3n) is 3.02. The maximum absolute atomic E-state index is 5.91. The van der Waals surface area contributed by atoms with Crippen molar-refractivity contribution in [2.75, 3.05) is 26.3 Å². The van der Waals surface area contributed by atoms with Crippen LogP contribution in [0.5, 0.6) is 0 Å². The normalized spacial score (nSPS) is 13.0. The molecule has 0 bridgehead atoms. The molecule has 0 aromatic heterocycles. The van der Waals surface area contributed by atoms with Crippen LogP contribution in [0.1, 0.15) is 53.4 Å². The number of hydrogen-bond donors (Lipinski definition) is 2. The van der Waals surface area contributed by atoms with Gasteiger partial charge in [0.2, 0.25) is 0 Å². The van der Waals surface area contributed by atoms with E-state index in [2.05, 4.69) is 27.7 Å². The third-order valence-corrected chi connectivity index (χ3v) is 3.02. The van der Waals surface area contributed by atoms with E-state index in [-0.39, 0.29) is 11.2 Å². The highest BCUT2D eigenvalue weighted by Crippen LogP contribution is 2.20. The average Bonchev–Trinajstić information content (AvgIpc) is 2.26. The second-order valence-corrected chi connectivity index (χ2v) is 6.00. The van der Waals surface area contributed by atoms with Crippen molar-refractivity contribution < 1.29 is 9.47 Å². The number of rotatable bonds is 11. The number of nitrogens with two attached hydrogens (primary N) is 2. The average molecular weight is 260 g/mol. The summed E-state index contributed by atoms with van der Waals surface area (Å²) in [7, 11) is 0. The van der Waals surface area contributed by atoms with Gasteiger partial charge in [0.1, 0.15) is 0 Å². The number of ether oxygens (including phenoxy) is 2. The van der Waals surface area contributed by atoms with Gasteiger partial charge in [-0.1, -0.05) is 0 Å². The zero-order valence-corrected chi connectivity index (χ0v) is 12.6. The third kappa shape index (κ3) is 9.83. The van der Waals surface area contributed by atoms with Gasteiger partial charge in [-0.3, -0.25) is 0 Å². The highest BCUT2D eigenvalue weighted by Gasteiger charge is 2.22. The molecule has 0 atom stereocenters. The summed E-state index contributed by atoms with van der Waals surface area (Å²) in [5, 5.41) is 0. The second kappa shape index (κ2) is 8.86. The molecule has 0 unspecified atom stereocenters. The van der Waals surface area contributed by atoms with E-state index in [1.165, 1.54) is 0 Å². The minimum atomic E-state index is -0.140. The first-order valence-electron chi connectivity index (χ1n) is 7.01. The van der Waals surface area contributed by atoms with Gasteiger partial charge < -0.3 is 20.9 Å². The van der Waals surface area contributed by atoms with Crippen LogP contribution in [0.4, 0.5) is 0 Å². The van der Waals surface area contributed by atoms with Gasteiger partial charge in [0, 0.05) is 6.61 Å². The lowest BCUT2D eigenvalue weighted by atomic mass is 10.0. The van der Waals surface area contributed by atoms with Gasteiger partial charge >= 0.3 is 0 Å². The Morgan fingerprint density at radius 2 is 1.22 bits per heavy atom.